The first-order valence-electron chi connectivity index (χ1n) is 12.8. The fraction of sp³-hybridized carbons (Fsp3) is 0.552. The van der Waals surface area contributed by atoms with Crippen molar-refractivity contribution in [3.05, 3.63) is 65.2 Å². The highest BCUT2D eigenvalue weighted by molar-refractivity contribution is 5.96. The molecule has 1 saturated heterocycles. The summed E-state index contributed by atoms with van der Waals surface area (Å²) in [5.41, 5.74) is 3.92. The van der Waals surface area contributed by atoms with Crippen molar-refractivity contribution in [1.29, 1.82) is 0 Å². The third-order valence-electron chi connectivity index (χ3n) is 8.20. The Balaban J connectivity index is 1.02. The lowest BCUT2D eigenvalue weighted by Gasteiger charge is -2.35. The molecule has 1 aliphatic carbocycles. The number of nitrogens with zero attached hydrogens (tertiary/aromatic N) is 1. The molecule has 0 atom stereocenters. The quantitative estimate of drug-likeness (QED) is 0.484. The van der Waals surface area contributed by atoms with E-state index >= 15 is 0 Å². The predicted molar refractivity (Wildman–Crippen MR) is 130 cm³/mol. The van der Waals surface area contributed by atoms with Crippen molar-refractivity contribution in [1.82, 2.24) is 4.90 Å². The molecular formula is C29H37NO2. The number of fused-ring (bicyclic) bond motifs is 1. The molecule has 1 saturated carbocycles. The van der Waals surface area contributed by atoms with Crippen LogP contribution in [0.3, 0.4) is 0 Å². The van der Waals surface area contributed by atoms with E-state index in [4.69, 9.17) is 4.74 Å². The van der Waals surface area contributed by atoms with E-state index in [-0.39, 0.29) is 0 Å². The minimum Gasteiger partial charge on any atom is -0.493 e. The van der Waals surface area contributed by atoms with Crippen LogP contribution < -0.4 is 4.74 Å². The number of benzene rings is 2. The van der Waals surface area contributed by atoms with E-state index in [9.17, 15) is 4.79 Å². The number of ether oxygens (including phenoxy) is 1. The van der Waals surface area contributed by atoms with Crippen LogP contribution in [0.15, 0.2) is 48.5 Å². The number of ketones is 1. The van der Waals surface area contributed by atoms with E-state index in [1.807, 2.05) is 30.3 Å². The van der Waals surface area contributed by atoms with Gasteiger partial charge in [0, 0.05) is 24.0 Å². The van der Waals surface area contributed by atoms with Gasteiger partial charge in [-0.2, -0.15) is 0 Å². The Morgan fingerprint density at radius 1 is 0.875 bits per heavy atom. The molecule has 0 aromatic heterocycles. The van der Waals surface area contributed by atoms with Gasteiger partial charge in [0.1, 0.15) is 5.75 Å². The molecule has 170 valence electrons. The average molecular weight is 432 g/mol. The Morgan fingerprint density at radius 2 is 1.62 bits per heavy atom. The van der Waals surface area contributed by atoms with E-state index in [0.717, 1.165) is 36.7 Å². The molecule has 3 aliphatic rings. The van der Waals surface area contributed by atoms with Crippen molar-refractivity contribution in [2.75, 3.05) is 26.2 Å². The first-order chi connectivity index (χ1) is 15.8. The van der Waals surface area contributed by atoms with Gasteiger partial charge in [-0.25, -0.2) is 0 Å². The summed E-state index contributed by atoms with van der Waals surface area (Å²) in [4.78, 5) is 15.2. The van der Waals surface area contributed by atoms with Gasteiger partial charge in [0.15, 0.2) is 5.78 Å². The number of hydrogen-bond acceptors (Lipinski definition) is 3. The molecule has 0 unspecified atom stereocenters. The maximum atomic E-state index is 12.5. The van der Waals surface area contributed by atoms with Gasteiger partial charge in [0.05, 0.1) is 6.61 Å². The Morgan fingerprint density at radius 3 is 2.41 bits per heavy atom. The van der Waals surface area contributed by atoms with Gasteiger partial charge in [0.25, 0.3) is 0 Å². The van der Waals surface area contributed by atoms with Crippen molar-refractivity contribution in [2.24, 2.45) is 11.8 Å². The highest BCUT2D eigenvalue weighted by atomic mass is 16.5. The Bertz CT molecular complexity index is 893. The van der Waals surface area contributed by atoms with E-state index < -0.39 is 0 Å². The van der Waals surface area contributed by atoms with Gasteiger partial charge in [-0.05, 0) is 81.1 Å². The molecule has 5 rings (SSSR count). The van der Waals surface area contributed by atoms with Crippen molar-refractivity contribution in [3.63, 3.8) is 0 Å². The molecule has 0 amide bonds. The SMILES string of the molecule is O=C(CC1CCC(CCN2CCC(c3cccc4c3CCO4)CC2)CC1)c1ccccc1. The van der Waals surface area contributed by atoms with E-state index in [0.29, 0.717) is 17.6 Å². The molecular weight excluding hydrogens is 394 g/mol. The van der Waals surface area contributed by atoms with Crippen molar-refractivity contribution >= 4 is 5.78 Å². The molecule has 2 aliphatic heterocycles. The van der Waals surface area contributed by atoms with Gasteiger partial charge >= 0.3 is 0 Å². The zero-order chi connectivity index (χ0) is 21.8. The minimum atomic E-state index is 0.326. The summed E-state index contributed by atoms with van der Waals surface area (Å²) in [7, 11) is 0. The topological polar surface area (TPSA) is 29.5 Å². The lowest BCUT2D eigenvalue weighted by molar-refractivity contribution is 0.0939. The van der Waals surface area contributed by atoms with Crippen LogP contribution in [-0.2, 0) is 6.42 Å². The van der Waals surface area contributed by atoms with Crippen LogP contribution in [0.25, 0.3) is 0 Å². The molecule has 3 nitrogen and oxygen atoms in total. The molecule has 2 aromatic rings. The summed E-state index contributed by atoms with van der Waals surface area (Å²) in [6.07, 6.45) is 10.8. The molecule has 0 bridgehead atoms. The summed E-state index contributed by atoms with van der Waals surface area (Å²) < 4.78 is 5.78. The molecule has 32 heavy (non-hydrogen) atoms. The average Bonchev–Trinajstić information content (AvgIpc) is 3.34. The van der Waals surface area contributed by atoms with Crippen LogP contribution in [0.2, 0.25) is 0 Å². The van der Waals surface area contributed by atoms with Crippen molar-refractivity contribution in [3.8, 4) is 5.75 Å². The summed E-state index contributed by atoms with van der Waals surface area (Å²) in [6, 6.07) is 16.5. The normalized spacial score (nSPS) is 24.1. The van der Waals surface area contributed by atoms with Crippen molar-refractivity contribution < 1.29 is 9.53 Å². The van der Waals surface area contributed by atoms with Crippen LogP contribution in [0.4, 0.5) is 0 Å². The maximum absolute atomic E-state index is 12.5. The molecule has 3 heteroatoms. The molecule has 0 spiro atoms. The molecule has 2 heterocycles. The second kappa shape index (κ2) is 10.2. The Hall–Kier alpha value is -2.13. The van der Waals surface area contributed by atoms with E-state index in [1.54, 1.807) is 5.56 Å². The Kier molecular flexibility index (Phi) is 6.92. The minimum absolute atomic E-state index is 0.326. The number of likely N-dealkylation sites (tertiary alicyclic amines) is 1. The largest absolute Gasteiger partial charge is 0.493 e. The van der Waals surface area contributed by atoms with Crippen LogP contribution >= 0.6 is 0 Å². The van der Waals surface area contributed by atoms with Crippen LogP contribution in [0.1, 0.15) is 78.8 Å². The number of carbonyl (C=O) groups excluding carboxylic acids is 1. The first-order valence-corrected chi connectivity index (χ1v) is 12.8. The third-order valence-corrected chi connectivity index (χ3v) is 8.20. The smallest absolute Gasteiger partial charge is 0.163 e. The van der Waals surface area contributed by atoms with Crippen LogP contribution in [0, 0.1) is 11.8 Å². The van der Waals surface area contributed by atoms with Gasteiger partial charge in [-0.15, -0.1) is 0 Å². The molecule has 2 fully saturated rings. The highest BCUT2D eigenvalue weighted by Crippen LogP contribution is 2.38. The number of Topliss-reactive ketones (excluding diaryl/α,β-unsaturated/α-hetero) is 1. The van der Waals surface area contributed by atoms with Gasteiger partial charge in [0.2, 0.25) is 0 Å². The summed E-state index contributed by atoms with van der Waals surface area (Å²) in [5.74, 6) is 3.61. The molecule has 0 N–H and O–H groups in total. The van der Waals surface area contributed by atoms with Gasteiger partial charge < -0.3 is 9.64 Å². The summed E-state index contributed by atoms with van der Waals surface area (Å²) >= 11 is 0. The maximum Gasteiger partial charge on any atom is 0.163 e. The summed E-state index contributed by atoms with van der Waals surface area (Å²) in [5, 5.41) is 0. The summed E-state index contributed by atoms with van der Waals surface area (Å²) in [6.45, 7) is 4.57. The molecule has 0 radical (unpaired) electrons. The third kappa shape index (κ3) is 5.09. The highest BCUT2D eigenvalue weighted by Gasteiger charge is 2.27. The Labute approximate surface area is 193 Å². The fourth-order valence-electron chi connectivity index (χ4n) is 6.19. The van der Waals surface area contributed by atoms with Crippen molar-refractivity contribution in [2.45, 2.75) is 63.7 Å². The van der Waals surface area contributed by atoms with Crippen LogP contribution in [0.5, 0.6) is 5.75 Å². The number of carbonyl (C=O) groups is 1. The van der Waals surface area contributed by atoms with E-state index in [1.165, 1.54) is 70.1 Å². The fourth-order valence-corrected chi connectivity index (χ4v) is 6.19. The monoisotopic (exact) mass is 431 g/mol. The number of rotatable bonds is 7. The zero-order valence-electron chi connectivity index (χ0n) is 19.3. The number of hydrogen-bond donors (Lipinski definition) is 0. The lowest BCUT2D eigenvalue weighted by Crippen LogP contribution is -2.35. The zero-order valence-corrected chi connectivity index (χ0v) is 19.3. The van der Waals surface area contributed by atoms with Crippen LogP contribution in [-0.4, -0.2) is 36.9 Å². The van der Waals surface area contributed by atoms with E-state index in [2.05, 4.69) is 23.1 Å². The van der Waals surface area contributed by atoms with Gasteiger partial charge in [-0.3, -0.25) is 4.79 Å². The second-order valence-corrected chi connectivity index (χ2v) is 10.2. The van der Waals surface area contributed by atoms with Gasteiger partial charge in [-0.1, -0.05) is 55.3 Å². The standard InChI is InChI=1S/C29H37NO2/c31-28(25-5-2-1-3-6-25)21-23-11-9-22(10-12-23)13-17-30-18-14-24(15-19-30)26-7-4-8-29-27(26)16-20-32-29/h1-8,22-24H,9-21H2. The second-order valence-electron chi connectivity index (χ2n) is 10.2. The molecule has 2 aromatic carbocycles. The lowest BCUT2D eigenvalue weighted by atomic mass is 9.78. The first kappa shape index (κ1) is 21.7. The number of piperidine rings is 1. The predicted octanol–water partition coefficient (Wildman–Crippen LogP) is 6.27.